The Kier molecular flexibility index (Phi) is 5.48. The first-order valence-corrected chi connectivity index (χ1v) is 9.86. The van der Waals surface area contributed by atoms with Crippen LogP contribution in [0.5, 0.6) is 0 Å². The minimum absolute atomic E-state index is 0.0650. The second kappa shape index (κ2) is 7.98. The molecule has 6 heteroatoms. The molecule has 0 spiro atoms. The smallest absolute Gasteiger partial charge is 0.225 e. The van der Waals surface area contributed by atoms with Gasteiger partial charge in [0.2, 0.25) is 5.95 Å². The van der Waals surface area contributed by atoms with E-state index in [0.717, 1.165) is 63.1 Å². The number of nitrogens with zero attached hydrogens (tertiary/aromatic N) is 4. The molecule has 0 radical (unpaired) electrons. The summed E-state index contributed by atoms with van der Waals surface area (Å²) in [6.07, 6.45) is 7.40. The third kappa shape index (κ3) is 4.13. The summed E-state index contributed by atoms with van der Waals surface area (Å²) in [7, 11) is 0. The number of aromatic nitrogens is 2. The molecule has 0 saturated carbocycles. The van der Waals surface area contributed by atoms with Crippen molar-refractivity contribution in [2.45, 2.75) is 64.3 Å². The largest absolute Gasteiger partial charge is 0.349 e. The highest BCUT2D eigenvalue weighted by Crippen LogP contribution is 2.26. The number of piperidine rings is 2. The van der Waals surface area contributed by atoms with Gasteiger partial charge in [-0.05, 0) is 51.6 Å². The van der Waals surface area contributed by atoms with Crippen molar-refractivity contribution in [1.29, 1.82) is 0 Å². The predicted octanol–water partition coefficient (Wildman–Crippen LogP) is 2.50. The highest BCUT2D eigenvalue weighted by molar-refractivity contribution is 5.32. The van der Waals surface area contributed by atoms with Crippen molar-refractivity contribution in [3.05, 3.63) is 17.5 Å². The average Bonchev–Trinajstić information content (AvgIpc) is 3.17. The summed E-state index contributed by atoms with van der Waals surface area (Å²) in [5, 5.41) is 0. The first-order valence-electron chi connectivity index (χ1n) is 9.86. The van der Waals surface area contributed by atoms with Gasteiger partial charge in [-0.3, -0.25) is 4.90 Å². The van der Waals surface area contributed by atoms with Crippen molar-refractivity contribution in [3.63, 3.8) is 0 Å². The number of hydrogen-bond acceptors (Lipinski definition) is 6. The monoisotopic (exact) mass is 346 g/mol. The van der Waals surface area contributed by atoms with E-state index in [4.69, 9.17) is 19.4 Å². The van der Waals surface area contributed by atoms with Crippen LogP contribution < -0.4 is 4.90 Å². The van der Waals surface area contributed by atoms with Gasteiger partial charge < -0.3 is 14.4 Å². The lowest BCUT2D eigenvalue weighted by Crippen LogP contribution is -2.46. The number of hydrogen-bond donors (Lipinski definition) is 0. The van der Waals surface area contributed by atoms with Gasteiger partial charge in [0, 0.05) is 25.3 Å². The maximum Gasteiger partial charge on any atom is 0.225 e. The molecule has 0 aliphatic carbocycles. The molecule has 25 heavy (non-hydrogen) atoms. The maximum absolute atomic E-state index is 5.80. The highest BCUT2D eigenvalue weighted by atomic mass is 16.7. The molecule has 0 aromatic carbocycles. The zero-order valence-electron chi connectivity index (χ0n) is 15.3. The van der Waals surface area contributed by atoms with Crippen molar-refractivity contribution >= 4 is 5.95 Å². The quantitative estimate of drug-likeness (QED) is 0.835. The molecule has 3 saturated heterocycles. The molecule has 0 bridgehead atoms. The Bertz CT molecular complexity index is 571. The zero-order chi connectivity index (χ0) is 17.1. The molecule has 0 amide bonds. The van der Waals surface area contributed by atoms with Crippen molar-refractivity contribution in [1.82, 2.24) is 14.9 Å². The van der Waals surface area contributed by atoms with Crippen LogP contribution in [-0.2, 0) is 16.0 Å². The van der Waals surface area contributed by atoms with Gasteiger partial charge in [0.25, 0.3) is 0 Å². The third-order valence-corrected chi connectivity index (χ3v) is 5.53. The topological polar surface area (TPSA) is 50.7 Å². The van der Waals surface area contributed by atoms with E-state index in [1.165, 1.54) is 32.1 Å². The van der Waals surface area contributed by atoms with Gasteiger partial charge in [-0.1, -0.05) is 6.42 Å². The number of anilines is 1. The number of aryl methyl sites for hydroxylation is 1. The van der Waals surface area contributed by atoms with Crippen LogP contribution in [0.1, 0.15) is 49.9 Å². The van der Waals surface area contributed by atoms with Crippen LogP contribution in [0, 0.1) is 6.92 Å². The Morgan fingerprint density at radius 3 is 2.56 bits per heavy atom. The molecule has 1 atom stereocenters. The van der Waals surface area contributed by atoms with Crippen molar-refractivity contribution in [2.75, 3.05) is 37.7 Å². The van der Waals surface area contributed by atoms with Crippen LogP contribution in [0.3, 0.4) is 0 Å². The molecule has 3 aliphatic rings. The first-order chi connectivity index (χ1) is 12.3. The Hall–Kier alpha value is -1.24. The normalized spacial score (nSPS) is 26.3. The van der Waals surface area contributed by atoms with Crippen LogP contribution in [0.4, 0.5) is 5.95 Å². The van der Waals surface area contributed by atoms with Crippen LogP contribution in [0.2, 0.25) is 0 Å². The Morgan fingerprint density at radius 1 is 1.00 bits per heavy atom. The fourth-order valence-corrected chi connectivity index (χ4v) is 4.26. The second-order valence-electron chi connectivity index (χ2n) is 7.49. The summed E-state index contributed by atoms with van der Waals surface area (Å²) in [6, 6.07) is 2.49. The molecule has 1 aromatic rings. The molecule has 138 valence electrons. The minimum atomic E-state index is -0.0650. The number of rotatable bonds is 4. The van der Waals surface area contributed by atoms with Crippen molar-refractivity contribution in [2.24, 2.45) is 0 Å². The van der Waals surface area contributed by atoms with E-state index in [2.05, 4.69) is 22.8 Å². The van der Waals surface area contributed by atoms with Crippen molar-refractivity contribution < 1.29 is 9.47 Å². The molecule has 3 fully saturated rings. The Labute approximate surface area is 150 Å². The van der Waals surface area contributed by atoms with Gasteiger partial charge in [-0.25, -0.2) is 9.97 Å². The lowest BCUT2D eigenvalue weighted by atomic mass is 10.0. The van der Waals surface area contributed by atoms with Gasteiger partial charge >= 0.3 is 0 Å². The average molecular weight is 346 g/mol. The lowest BCUT2D eigenvalue weighted by Gasteiger charge is -2.37. The molecular formula is C19H30N4O2. The molecule has 6 nitrogen and oxygen atoms in total. The fraction of sp³-hybridized carbons (Fsp3) is 0.789. The predicted molar refractivity (Wildman–Crippen MR) is 96.6 cm³/mol. The summed E-state index contributed by atoms with van der Waals surface area (Å²) >= 11 is 0. The van der Waals surface area contributed by atoms with E-state index in [1.54, 1.807) is 0 Å². The van der Waals surface area contributed by atoms with Gasteiger partial charge in [0.15, 0.2) is 6.29 Å². The number of likely N-dealkylation sites (tertiary alicyclic amines) is 1. The maximum atomic E-state index is 5.80. The van der Waals surface area contributed by atoms with Gasteiger partial charge in [-0.2, -0.15) is 0 Å². The van der Waals surface area contributed by atoms with E-state index < -0.39 is 0 Å². The lowest BCUT2D eigenvalue weighted by molar-refractivity contribution is -0.111. The summed E-state index contributed by atoms with van der Waals surface area (Å²) < 4.78 is 11.6. The molecule has 1 aromatic heterocycles. The van der Waals surface area contributed by atoms with E-state index in [1.807, 2.05) is 0 Å². The summed E-state index contributed by atoms with van der Waals surface area (Å²) in [5.74, 6) is 0.914. The fourth-order valence-electron chi connectivity index (χ4n) is 4.26. The highest BCUT2D eigenvalue weighted by Gasteiger charge is 2.33. The SMILES string of the molecule is Cc1cc(CN2CCCCC2C2OCCO2)nc(N2CCCCC2)n1. The third-order valence-electron chi connectivity index (χ3n) is 5.53. The standard InChI is InChI=1S/C19H30N4O2/c1-15-13-16(21-19(20-15)22-8-4-2-5-9-22)14-23-10-6-3-7-17(23)18-24-11-12-25-18/h13,17-18H,2-12,14H2,1H3. The van der Waals surface area contributed by atoms with Gasteiger partial charge in [0.1, 0.15) is 0 Å². The number of ether oxygens (including phenoxy) is 2. The van der Waals surface area contributed by atoms with Gasteiger partial charge in [-0.15, -0.1) is 0 Å². The summed E-state index contributed by atoms with van der Waals surface area (Å²) in [5.41, 5.74) is 2.19. The summed E-state index contributed by atoms with van der Waals surface area (Å²) in [4.78, 5) is 14.4. The van der Waals surface area contributed by atoms with Crippen LogP contribution in [-0.4, -0.2) is 60.0 Å². The molecule has 4 rings (SSSR count). The Balaban J connectivity index is 1.49. The van der Waals surface area contributed by atoms with E-state index in [0.29, 0.717) is 6.04 Å². The van der Waals surface area contributed by atoms with Crippen molar-refractivity contribution in [3.8, 4) is 0 Å². The molecule has 3 aliphatic heterocycles. The second-order valence-corrected chi connectivity index (χ2v) is 7.49. The van der Waals surface area contributed by atoms with E-state index in [9.17, 15) is 0 Å². The van der Waals surface area contributed by atoms with E-state index >= 15 is 0 Å². The summed E-state index contributed by atoms with van der Waals surface area (Å²) in [6.45, 7) is 7.64. The van der Waals surface area contributed by atoms with E-state index in [-0.39, 0.29) is 6.29 Å². The Morgan fingerprint density at radius 2 is 1.76 bits per heavy atom. The first kappa shape index (κ1) is 17.2. The molecular weight excluding hydrogens is 316 g/mol. The molecule has 1 unspecified atom stereocenters. The minimum Gasteiger partial charge on any atom is -0.349 e. The van der Waals surface area contributed by atoms with Gasteiger partial charge in [0.05, 0.1) is 24.9 Å². The zero-order valence-corrected chi connectivity index (χ0v) is 15.3. The molecule has 4 heterocycles. The van der Waals surface area contributed by atoms with Crippen LogP contribution in [0.15, 0.2) is 6.07 Å². The molecule has 0 N–H and O–H groups in total. The van der Waals surface area contributed by atoms with Crippen LogP contribution >= 0.6 is 0 Å². The van der Waals surface area contributed by atoms with Crippen LogP contribution in [0.25, 0.3) is 0 Å².